The van der Waals surface area contributed by atoms with Crippen LogP contribution >= 0.6 is 22.6 Å². The molecule has 0 fully saturated rings. The SMILES string of the molecule is CCOC(=O)c1cc2cc(I)ccc2oc1=O. The highest BCUT2D eigenvalue weighted by molar-refractivity contribution is 14.1. The van der Waals surface area contributed by atoms with Gasteiger partial charge in [-0.15, -0.1) is 0 Å². The average Bonchev–Trinajstić information content (AvgIpc) is 2.29. The zero-order valence-electron chi connectivity index (χ0n) is 9.03. The molecular weight excluding hydrogens is 335 g/mol. The van der Waals surface area contributed by atoms with Gasteiger partial charge >= 0.3 is 11.6 Å². The summed E-state index contributed by atoms with van der Waals surface area (Å²) in [4.78, 5) is 23.1. The fourth-order valence-corrected chi connectivity index (χ4v) is 1.96. The number of hydrogen-bond acceptors (Lipinski definition) is 4. The summed E-state index contributed by atoms with van der Waals surface area (Å²) < 4.78 is 10.8. The van der Waals surface area contributed by atoms with Crippen LogP contribution in [0.15, 0.2) is 33.5 Å². The third-order valence-corrected chi connectivity index (χ3v) is 2.86. The molecule has 0 saturated heterocycles. The number of halogens is 1. The number of hydrogen-bond donors (Lipinski definition) is 0. The molecule has 1 heterocycles. The zero-order valence-corrected chi connectivity index (χ0v) is 11.2. The van der Waals surface area contributed by atoms with E-state index in [1.54, 1.807) is 13.0 Å². The molecule has 0 aliphatic heterocycles. The second kappa shape index (κ2) is 4.87. The first-order valence-corrected chi connectivity index (χ1v) is 6.10. The lowest BCUT2D eigenvalue weighted by molar-refractivity contribution is 0.0522. The van der Waals surface area contributed by atoms with E-state index < -0.39 is 11.6 Å². The van der Waals surface area contributed by atoms with E-state index >= 15 is 0 Å². The normalized spacial score (nSPS) is 10.5. The molecule has 0 atom stereocenters. The molecule has 2 rings (SSSR count). The van der Waals surface area contributed by atoms with Gasteiger partial charge in [0.05, 0.1) is 6.61 Å². The summed E-state index contributed by atoms with van der Waals surface area (Å²) in [5.74, 6) is -0.651. The maximum Gasteiger partial charge on any atom is 0.351 e. The van der Waals surface area contributed by atoms with Crippen LogP contribution in [0.5, 0.6) is 0 Å². The minimum atomic E-state index is -0.669. The van der Waals surface area contributed by atoms with E-state index in [4.69, 9.17) is 9.15 Å². The zero-order chi connectivity index (χ0) is 12.4. The van der Waals surface area contributed by atoms with Crippen LogP contribution < -0.4 is 5.63 Å². The van der Waals surface area contributed by atoms with Gasteiger partial charge in [0.2, 0.25) is 0 Å². The Morgan fingerprint density at radius 2 is 2.18 bits per heavy atom. The van der Waals surface area contributed by atoms with E-state index in [0.717, 1.165) is 3.57 Å². The van der Waals surface area contributed by atoms with Gasteiger partial charge in [0, 0.05) is 8.96 Å². The summed E-state index contributed by atoms with van der Waals surface area (Å²) in [5, 5.41) is 0.708. The van der Waals surface area contributed by atoms with Crippen LogP contribution in [0.25, 0.3) is 11.0 Å². The first-order chi connectivity index (χ1) is 8.11. The fraction of sp³-hybridized carbons (Fsp3) is 0.167. The Hall–Kier alpha value is -1.37. The topological polar surface area (TPSA) is 56.5 Å². The van der Waals surface area contributed by atoms with Gasteiger partial charge < -0.3 is 9.15 Å². The molecular formula is C12H9IO4. The number of benzene rings is 1. The lowest BCUT2D eigenvalue weighted by atomic mass is 10.2. The molecule has 17 heavy (non-hydrogen) atoms. The Morgan fingerprint density at radius 3 is 2.88 bits per heavy atom. The summed E-state index contributed by atoms with van der Waals surface area (Å²) in [6.45, 7) is 1.91. The van der Waals surface area contributed by atoms with Crippen molar-refractivity contribution in [2.45, 2.75) is 6.92 Å². The van der Waals surface area contributed by atoms with Crippen LogP contribution in [0, 0.1) is 3.57 Å². The third-order valence-electron chi connectivity index (χ3n) is 2.19. The molecule has 0 unspecified atom stereocenters. The molecule has 88 valence electrons. The molecule has 1 aromatic carbocycles. The molecule has 0 aliphatic rings. The average molecular weight is 344 g/mol. The second-order valence-electron chi connectivity index (χ2n) is 3.35. The molecule has 0 N–H and O–H groups in total. The van der Waals surface area contributed by atoms with Crippen molar-refractivity contribution in [2.75, 3.05) is 6.61 Å². The maximum absolute atomic E-state index is 11.6. The van der Waals surface area contributed by atoms with Crippen molar-refractivity contribution in [2.24, 2.45) is 0 Å². The van der Waals surface area contributed by atoms with Crippen molar-refractivity contribution in [1.82, 2.24) is 0 Å². The summed E-state index contributed by atoms with van der Waals surface area (Å²) in [7, 11) is 0. The molecule has 4 nitrogen and oxygen atoms in total. The van der Waals surface area contributed by atoms with Gasteiger partial charge in [-0.05, 0) is 53.8 Å². The van der Waals surface area contributed by atoms with E-state index in [-0.39, 0.29) is 12.2 Å². The highest BCUT2D eigenvalue weighted by atomic mass is 127. The second-order valence-corrected chi connectivity index (χ2v) is 4.60. The van der Waals surface area contributed by atoms with E-state index in [1.165, 1.54) is 6.07 Å². The molecule has 0 bridgehead atoms. The first kappa shape index (κ1) is 12.1. The predicted octanol–water partition coefficient (Wildman–Crippen LogP) is 2.57. The Labute approximate surface area is 111 Å². The van der Waals surface area contributed by atoms with E-state index in [9.17, 15) is 9.59 Å². The molecule has 0 spiro atoms. The van der Waals surface area contributed by atoms with E-state index in [0.29, 0.717) is 11.0 Å². The lowest BCUT2D eigenvalue weighted by Crippen LogP contribution is -2.16. The first-order valence-electron chi connectivity index (χ1n) is 5.02. The van der Waals surface area contributed by atoms with Crippen molar-refractivity contribution in [3.05, 3.63) is 43.8 Å². The molecule has 5 heteroatoms. The smallest absolute Gasteiger partial charge is 0.351 e. The van der Waals surface area contributed by atoms with Crippen LogP contribution in [0.2, 0.25) is 0 Å². The molecule has 0 aliphatic carbocycles. The standard InChI is InChI=1S/C12H9IO4/c1-2-16-11(14)9-6-7-5-8(13)3-4-10(7)17-12(9)15/h3-6H,2H2,1H3. The van der Waals surface area contributed by atoms with E-state index in [2.05, 4.69) is 22.6 Å². The van der Waals surface area contributed by atoms with Gasteiger partial charge in [-0.25, -0.2) is 9.59 Å². The molecule has 0 radical (unpaired) electrons. The minimum absolute atomic E-state index is 0.0682. The van der Waals surface area contributed by atoms with Crippen LogP contribution in [-0.2, 0) is 4.74 Å². The highest BCUT2D eigenvalue weighted by Crippen LogP contribution is 2.17. The number of esters is 1. The van der Waals surface area contributed by atoms with Gasteiger partial charge in [0.1, 0.15) is 11.1 Å². The molecule has 0 saturated carbocycles. The maximum atomic E-state index is 11.6. The number of carbonyl (C=O) groups excluding carboxylic acids is 1. The Morgan fingerprint density at radius 1 is 1.41 bits per heavy atom. The number of fused-ring (bicyclic) bond motifs is 1. The van der Waals surface area contributed by atoms with Gasteiger partial charge in [-0.2, -0.15) is 0 Å². The molecule has 0 amide bonds. The van der Waals surface area contributed by atoms with Crippen molar-refractivity contribution >= 4 is 39.5 Å². The number of rotatable bonds is 2. The van der Waals surface area contributed by atoms with Crippen molar-refractivity contribution < 1.29 is 13.9 Å². The van der Waals surface area contributed by atoms with Crippen LogP contribution in [0.4, 0.5) is 0 Å². The molecule has 1 aromatic heterocycles. The number of ether oxygens (including phenoxy) is 1. The van der Waals surface area contributed by atoms with Crippen molar-refractivity contribution in [1.29, 1.82) is 0 Å². The Kier molecular flexibility index (Phi) is 3.46. The quantitative estimate of drug-likeness (QED) is 0.477. The van der Waals surface area contributed by atoms with Gasteiger partial charge in [-0.1, -0.05) is 0 Å². The molecule has 2 aromatic rings. The number of carbonyl (C=O) groups is 1. The Bertz CT molecular complexity index is 630. The summed E-state index contributed by atoms with van der Waals surface area (Å²) in [5.41, 5.74) is -0.276. The van der Waals surface area contributed by atoms with Crippen molar-refractivity contribution in [3.8, 4) is 0 Å². The van der Waals surface area contributed by atoms with Crippen LogP contribution in [0.3, 0.4) is 0 Å². The summed E-state index contributed by atoms with van der Waals surface area (Å²) >= 11 is 2.15. The van der Waals surface area contributed by atoms with Gasteiger partial charge in [0.25, 0.3) is 0 Å². The summed E-state index contributed by atoms with van der Waals surface area (Å²) in [6.07, 6.45) is 0. The van der Waals surface area contributed by atoms with Crippen LogP contribution in [0.1, 0.15) is 17.3 Å². The van der Waals surface area contributed by atoms with E-state index in [1.807, 2.05) is 12.1 Å². The Balaban J connectivity index is 2.61. The lowest BCUT2D eigenvalue weighted by Gasteiger charge is -2.02. The predicted molar refractivity (Wildman–Crippen MR) is 71.2 cm³/mol. The largest absolute Gasteiger partial charge is 0.462 e. The third kappa shape index (κ3) is 2.49. The fourth-order valence-electron chi connectivity index (χ4n) is 1.45. The monoisotopic (exact) mass is 344 g/mol. The van der Waals surface area contributed by atoms with Crippen LogP contribution in [-0.4, -0.2) is 12.6 Å². The summed E-state index contributed by atoms with van der Waals surface area (Å²) in [6, 6.07) is 6.87. The highest BCUT2D eigenvalue weighted by Gasteiger charge is 2.14. The van der Waals surface area contributed by atoms with Gasteiger partial charge in [-0.3, -0.25) is 0 Å². The minimum Gasteiger partial charge on any atom is -0.462 e. The van der Waals surface area contributed by atoms with Gasteiger partial charge in [0.15, 0.2) is 0 Å². The van der Waals surface area contributed by atoms with Crippen molar-refractivity contribution in [3.63, 3.8) is 0 Å².